The van der Waals surface area contributed by atoms with Crippen molar-refractivity contribution in [1.29, 1.82) is 0 Å². The van der Waals surface area contributed by atoms with Crippen molar-refractivity contribution in [2.24, 2.45) is 0 Å². The van der Waals surface area contributed by atoms with E-state index >= 15 is 0 Å². The zero-order valence-electron chi connectivity index (χ0n) is 10.6. The van der Waals surface area contributed by atoms with E-state index in [1.54, 1.807) is 0 Å². The first-order valence-electron chi connectivity index (χ1n) is 6.11. The number of nitrogens with zero attached hydrogens (tertiary/aromatic N) is 4. The summed E-state index contributed by atoms with van der Waals surface area (Å²) >= 11 is 3.13. The van der Waals surface area contributed by atoms with Crippen LogP contribution in [-0.2, 0) is 6.54 Å². The van der Waals surface area contributed by atoms with E-state index in [0.29, 0.717) is 0 Å². The second-order valence-electron chi connectivity index (χ2n) is 4.26. The van der Waals surface area contributed by atoms with Crippen LogP contribution in [0, 0.1) is 0 Å². The molecule has 0 saturated heterocycles. The van der Waals surface area contributed by atoms with E-state index in [1.807, 2.05) is 30.2 Å². The molecule has 1 aromatic carbocycles. The summed E-state index contributed by atoms with van der Waals surface area (Å²) in [6, 6.07) is 6.14. The Morgan fingerprint density at radius 3 is 3.05 bits per heavy atom. The third-order valence-electron chi connectivity index (χ3n) is 2.97. The minimum absolute atomic E-state index is 0.946. The van der Waals surface area contributed by atoms with Gasteiger partial charge < -0.3 is 4.57 Å². The number of imidazole rings is 1. The van der Waals surface area contributed by atoms with E-state index in [9.17, 15) is 0 Å². The minimum atomic E-state index is 0.946. The first-order chi connectivity index (χ1) is 9.38. The number of aryl methyl sites for hydroxylation is 1. The zero-order valence-corrected chi connectivity index (χ0v) is 12.2. The van der Waals surface area contributed by atoms with E-state index in [1.165, 1.54) is 17.5 Å². The van der Waals surface area contributed by atoms with Gasteiger partial charge in [-0.1, -0.05) is 0 Å². The summed E-state index contributed by atoms with van der Waals surface area (Å²) in [4.78, 5) is 4.47. The van der Waals surface area contributed by atoms with Crippen molar-refractivity contribution < 1.29 is 0 Å². The SMILES string of the molecule is CSCCCn1ccnc1-c1ccc2nsnc2c1. The first-order valence-corrected chi connectivity index (χ1v) is 8.23. The highest BCUT2D eigenvalue weighted by Gasteiger charge is 2.08. The van der Waals surface area contributed by atoms with E-state index in [4.69, 9.17) is 0 Å². The molecule has 0 aliphatic rings. The molecule has 2 aromatic heterocycles. The van der Waals surface area contributed by atoms with Crippen LogP contribution in [0.25, 0.3) is 22.4 Å². The maximum Gasteiger partial charge on any atom is 0.139 e. The molecular formula is C13H14N4S2. The lowest BCUT2D eigenvalue weighted by atomic mass is 10.2. The lowest BCUT2D eigenvalue weighted by Gasteiger charge is -2.07. The molecular weight excluding hydrogens is 276 g/mol. The van der Waals surface area contributed by atoms with Crippen LogP contribution >= 0.6 is 23.5 Å². The fraction of sp³-hybridized carbons (Fsp3) is 0.308. The van der Waals surface area contributed by atoms with Gasteiger partial charge in [0.05, 0.1) is 11.7 Å². The predicted octanol–water partition coefficient (Wildman–Crippen LogP) is 3.31. The summed E-state index contributed by atoms with van der Waals surface area (Å²) in [6.45, 7) is 1.00. The Morgan fingerprint density at radius 2 is 2.16 bits per heavy atom. The molecule has 3 rings (SSSR count). The zero-order chi connectivity index (χ0) is 13.1. The van der Waals surface area contributed by atoms with Gasteiger partial charge in [0.15, 0.2) is 0 Å². The van der Waals surface area contributed by atoms with Crippen LogP contribution in [0.4, 0.5) is 0 Å². The van der Waals surface area contributed by atoms with Gasteiger partial charge in [0, 0.05) is 24.5 Å². The Balaban J connectivity index is 1.90. The van der Waals surface area contributed by atoms with Crippen molar-refractivity contribution in [2.75, 3.05) is 12.0 Å². The topological polar surface area (TPSA) is 43.6 Å². The van der Waals surface area contributed by atoms with Crippen LogP contribution in [0.15, 0.2) is 30.6 Å². The highest BCUT2D eigenvalue weighted by Crippen LogP contribution is 2.22. The summed E-state index contributed by atoms with van der Waals surface area (Å²) in [5, 5.41) is 0. The van der Waals surface area contributed by atoms with Crippen molar-refractivity contribution in [3.05, 3.63) is 30.6 Å². The maximum absolute atomic E-state index is 4.47. The number of hydrogen-bond acceptors (Lipinski definition) is 5. The third kappa shape index (κ3) is 2.64. The number of benzene rings is 1. The molecule has 4 nitrogen and oxygen atoms in total. The molecule has 0 radical (unpaired) electrons. The Kier molecular flexibility index (Phi) is 3.79. The van der Waals surface area contributed by atoms with Gasteiger partial charge >= 0.3 is 0 Å². The molecule has 6 heteroatoms. The van der Waals surface area contributed by atoms with Crippen molar-refractivity contribution in [1.82, 2.24) is 18.3 Å². The Bertz CT molecular complexity index is 674. The van der Waals surface area contributed by atoms with Crippen molar-refractivity contribution in [2.45, 2.75) is 13.0 Å². The van der Waals surface area contributed by atoms with Gasteiger partial charge in [-0.25, -0.2) is 4.98 Å². The van der Waals surface area contributed by atoms with Gasteiger partial charge in [0.1, 0.15) is 16.9 Å². The van der Waals surface area contributed by atoms with Crippen LogP contribution in [0.5, 0.6) is 0 Å². The van der Waals surface area contributed by atoms with E-state index in [-0.39, 0.29) is 0 Å². The lowest BCUT2D eigenvalue weighted by Crippen LogP contribution is -2.00. The molecule has 19 heavy (non-hydrogen) atoms. The quantitative estimate of drug-likeness (QED) is 0.676. The molecule has 98 valence electrons. The molecule has 0 aliphatic carbocycles. The van der Waals surface area contributed by atoms with Gasteiger partial charge in [0.2, 0.25) is 0 Å². The van der Waals surface area contributed by atoms with Crippen molar-refractivity contribution >= 4 is 34.5 Å². The van der Waals surface area contributed by atoms with Crippen LogP contribution < -0.4 is 0 Å². The van der Waals surface area contributed by atoms with Crippen molar-refractivity contribution in [3.8, 4) is 11.4 Å². The van der Waals surface area contributed by atoms with Crippen LogP contribution in [0.2, 0.25) is 0 Å². The fourth-order valence-electron chi connectivity index (χ4n) is 2.05. The van der Waals surface area contributed by atoms with Crippen LogP contribution in [0.1, 0.15) is 6.42 Å². The van der Waals surface area contributed by atoms with E-state index in [2.05, 4.69) is 36.7 Å². The lowest BCUT2D eigenvalue weighted by molar-refractivity contribution is 0.691. The molecule has 0 unspecified atom stereocenters. The van der Waals surface area contributed by atoms with Gasteiger partial charge in [-0.05, 0) is 36.6 Å². The van der Waals surface area contributed by atoms with Gasteiger partial charge in [0.25, 0.3) is 0 Å². The minimum Gasteiger partial charge on any atom is -0.331 e. The van der Waals surface area contributed by atoms with E-state index < -0.39 is 0 Å². The highest BCUT2D eigenvalue weighted by atomic mass is 32.2. The second-order valence-corrected chi connectivity index (χ2v) is 5.77. The summed E-state index contributed by atoms with van der Waals surface area (Å²) in [7, 11) is 0. The van der Waals surface area contributed by atoms with Gasteiger partial charge in [-0.2, -0.15) is 20.5 Å². The summed E-state index contributed by atoms with van der Waals surface area (Å²) in [6.07, 6.45) is 7.19. The summed E-state index contributed by atoms with van der Waals surface area (Å²) < 4.78 is 10.7. The molecule has 0 aliphatic heterocycles. The smallest absolute Gasteiger partial charge is 0.139 e. The van der Waals surface area contributed by atoms with E-state index in [0.717, 1.165) is 35.4 Å². The van der Waals surface area contributed by atoms with Gasteiger partial charge in [-0.3, -0.25) is 0 Å². The molecule has 0 amide bonds. The Labute approximate surface area is 120 Å². The number of fused-ring (bicyclic) bond motifs is 1. The molecule has 0 N–H and O–H groups in total. The summed E-state index contributed by atoms with van der Waals surface area (Å²) in [5.74, 6) is 2.18. The number of hydrogen-bond donors (Lipinski definition) is 0. The number of rotatable bonds is 5. The second kappa shape index (κ2) is 5.71. The Hall–Kier alpha value is -1.40. The normalized spacial score (nSPS) is 11.2. The average Bonchev–Trinajstić information content (AvgIpc) is 3.06. The summed E-state index contributed by atoms with van der Waals surface area (Å²) in [5.41, 5.74) is 3.00. The first kappa shape index (κ1) is 12.6. The van der Waals surface area contributed by atoms with Crippen LogP contribution in [0.3, 0.4) is 0 Å². The van der Waals surface area contributed by atoms with Gasteiger partial charge in [-0.15, -0.1) is 0 Å². The molecule has 0 spiro atoms. The van der Waals surface area contributed by atoms with Crippen LogP contribution in [-0.4, -0.2) is 30.3 Å². The van der Waals surface area contributed by atoms with Crippen molar-refractivity contribution in [3.63, 3.8) is 0 Å². The fourth-order valence-corrected chi connectivity index (χ4v) is 2.99. The monoisotopic (exact) mass is 290 g/mol. The molecule has 3 aromatic rings. The molecule has 0 saturated carbocycles. The molecule has 2 heterocycles. The number of aromatic nitrogens is 4. The Morgan fingerprint density at radius 1 is 1.26 bits per heavy atom. The molecule has 0 bridgehead atoms. The third-order valence-corrected chi connectivity index (χ3v) is 4.23. The number of thioether (sulfide) groups is 1. The maximum atomic E-state index is 4.47. The average molecular weight is 290 g/mol. The largest absolute Gasteiger partial charge is 0.331 e. The molecule has 0 fully saturated rings. The molecule has 0 atom stereocenters. The highest BCUT2D eigenvalue weighted by molar-refractivity contribution is 7.98. The predicted molar refractivity (Wildman–Crippen MR) is 81.6 cm³/mol. The standard InChI is InChI=1S/C13H14N4S2/c1-18-8-2-6-17-7-5-14-13(17)10-3-4-11-12(9-10)16-19-15-11/h3-5,7,9H,2,6,8H2,1H3.